The summed E-state index contributed by atoms with van der Waals surface area (Å²) in [6.45, 7) is 1.95. The van der Waals surface area contributed by atoms with Gasteiger partial charge in [-0.3, -0.25) is 0 Å². The lowest BCUT2D eigenvalue weighted by Crippen LogP contribution is -1.95. The van der Waals surface area contributed by atoms with Gasteiger partial charge in [0.25, 0.3) is 0 Å². The fraction of sp³-hybridized carbons (Fsp3) is 0.118. The second kappa shape index (κ2) is 5.92. The fourth-order valence-corrected chi connectivity index (χ4v) is 2.58. The van der Waals surface area contributed by atoms with E-state index in [0.29, 0.717) is 16.8 Å². The maximum absolute atomic E-state index is 6.02. The third-order valence-electron chi connectivity index (χ3n) is 3.25. The molecule has 21 heavy (non-hydrogen) atoms. The minimum Gasteiger partial charge on any atom is -0.438 e. The standard InChI is InChI=1S/C17H13Cl2NO/c1-11-8-14(19)6-7-16(11)21-17-13(10-18)9-12-4-2-3-5-15(12)20-17/h2-9H,10H2,1H3. The summed E-state index contributed by atoms with van der Waals surface area (Å²) in [5.74, 6) is 1.61. The molecule has 0 saturated heterocycles. The number of hydrogen-bond acceptors (Lipinski definition) is 2. The predicted octanol–water partition coefficient (Wildman–Crippen LogP) is 5.73. The first kappa shape index (κ1) is 14.2. The average Bonchev–Trinajstić information content (AvgIpc) is 2.49. The van der Waals surface area contributed by atoms with Gasteiger partial charge in [0, 0.05) is 16.0 Å². The maximum atomic E-state index is 6.02. The van der Waals surface area contributed by atoms with E-state index in [9.17, 15) is 0 Å². The van der Waals surface area contributed by atoms with Crippen molar-refractivity contribution < 1.29 is 4.74 Å². The van der Waals surface area contributed by atoms with Crippen LogP contribution in [0.25, 0.3) is 10.9 Å². The number of benzene rings is 2. The predicted molar refractivity (Wildman–Crippen MR) is 87.6 cm³/mol. The zero-order chi connectivity index (χ0) is 14.8. The lowest BCUT2D eigenvalue weighted by atomic mass is 10.1. The monoisotopic (exact) mass is 317 g/mol. The molecule has 0 radical (unpaired) electrons. The molecule has 3 aromatic rings. The minimum absolute atomic E-state index is 0.347. The number of rotatable bonds is 3. The summed E-state index contributed by atoms with van der Waals surface area (Å²) in [4.78, 5) is 4.57. The molecule has 3 rings (SSSR count). The van der Waals surface area contributed by atoms with Crippen LogP contribution in [-0.4, -0.2) is 4.98 Å². The van der Waals surface area contributed by atoms with Gasteiger partial charge in [0.1, 0.15) is 5.75 Å². The van der Waals surface area contributed by atoms with Crippen LogP contribution in [0.2, 0.25) is 5.02 Å². The Labute approximate surface area is 133 Å². The number of halogens is 2. The van der Waals surface area contributed by atoms with Crippen LogP contribution in [0.3, 0.4) is 0 Å². The minimum atomic E-state index is 0.347. The number of alkyl halides is 1. The van der Waals surface area contributed by atoms with E-state index in [4.69, 9.17) is 27.9 Å². The van der Waals surface area contributed by atoms with E-state index < -0.39 is 0 Å². The Hall–Kier alpha value is -1.77. The topological polar surface area (TPSA) is 22.1 Å². The second-order valence-corrected chi connectivity index (χ2v) is 5.49. The molecule has 0 aliphatic carbocycles. The molecule has 0 spiro atoms. The highest BCUT2D eigenvalue weighted by atomic mass is 35.5. The highest BCUT2D eigenvalue weighted by molar-refractivity contribution is 6.30. The van der Waals surface area contributed by atoms with Crippen molar-refractivity contribution >= 4 is 34.1 Å². The Morgan fingerprint density at radius 3 is 2.67 bits per heavy atom. The number of nitrogens with zero attached hydrogens (tertiary/aromatic N) is 1. The summed E-state index contributed by atoms with van der Waals surface area (Å²) in [5.41, 5.74) is 2.70. The molecule has 106 valence electrons. The van der Waals surface area contributed by atoms with Crippen molar-refractivity contribution in [1.29, 1.82) is 0 Å². The highest BCUT2D eigenvalue weighted by Gasteiger charge is 2.10. The molecule has 0 atom stereocenters. The van der Waals surface area contributed by atoms with Gasteiger partial charge in [0.05, 0.1) is 11.4 Å². The van der Waals surface area contributed by atoms with Crippen molar-refractivity contribution in [2.45, 2.75) is 12.8 Å². The van der Waals surface area contributed by atoms with Crippen molar-refractivity contribution in [3.63, 3.8) is 0 Å². The van der Waals surface area contributed by atoms with Gasteiger partial charge in [0.15, 0.2) is 0 Å². The Morgan fingerprint density at radius 1 is 1.10 bits per heavy atom. The Kier molecular flexibility index (Phi) is 4.00. The number of hydrogen-bond donors (Lipinski definition) is 0. The van der Waals surface area contributed by atoms with Crippen LogP contribution >= 0.6 is 23.2 Å². The molecule has 0 saturated carbocycles. The summed E-state index contributed by atoms with van der Waals surface area (Å²) >= 11 is 12.0. The molecular weight excluding hydrogens is 305 g/mol. The highest BCUT2D eigenvalue weighted by Crippen LogP contribution is 2.31. The zero-order valence-corrected chi connectivity index (χ0v) is 12.9. The van der Waals surface area contributed by atoms with Gasteiger partial charge in [-0.15, -0.1) is 11.6 Å². The van der Waals surface area contributed by atoms with Crippen molar-refractivity contribution in [2.75, 3.05) is 0 Å². The first-order chi connectivity index (χ1) is 10.2. The third kappa shape index (κ3) is 2.97. The second-order valence-electron chi connectivity index (χ2n) is 4.79. The summed E-state index contributed by atoms with van der Waals surface area (Å²) in [6.07, 6.45) is 0. The van der Waals surface area contributed by atoms with E-state index in [0.717, 1.165) is 27.8 Å². The Balaban J connectivity index is 2.06. The molecule has 0 amide bonds. The summed E-state index contributed by atoms with van der Waals surface area (Å²) < 4.78 is 5.94. The van der Waals surface area contributed by atoms with Crippen LogP contribution in [0, 0.1) is 6.92 Å². The van der Waals surface area contributed by atoms with Crippen LogP contribution in [-0.2, 0) is 5.88 Å². The van der Waals surface area contributed by atoms with E-state index in [1.165, 1.54) is 0 Å². The summed E-state index contributed by atoms with van der Waals surface area (Å²) in [5, 5.41) is 1.73. The number of pyridine rings is 1. The lowest BCUT2D eigenvalue weighted by Gasteiger charge is -2.12. The Morgan fingerprint density at radius 2 is 1.90 bits per heavy atom. The van der Waals surface area contributed by atoms with Gasteiger partial charge in [-0.1, -0.05) is 29.8 Å². The van der Waals surface area contributed by atoms with E-state index in [1.54, 1.807) is 6.07 Å². The molecule has 0 aliphatic rings. The molecule has 0 aliphatic heterocycles. The molecule has 1 heterocycles. The van der Waals surface area contributed by atoms with Gasteiger partial charge < -0.3 is 4.74 Å². The largest absolute Gasteiger partial charge is 0.438 e. The molecule has 2 aromatic carbocycles. The SMILES string of the molecule is Cc1cc(Cl)ccc1Oc1nc2ccccc2cc1CCl. The average molecular weight is 318 g/mol. The van der Waals surface area contributed by atoms with Crippen LogP contribution < -0.4 is 4.74 Å². The van der Waals surface area contributed by atoms with Gasteiger partial charge in [-0.05, 0) is 42.8 Å². The molecule has 0 N–H and O–H groups in total. The van der Waals surface area contributed by atoms with Gasteiger partial charge in [0.2, 0.25) is 5.88 Å². The number of fused-ring (bicyclic) bond motifs is 1. The third-order valence-corrected chi connectivity index (χ3v) is 3.77. The first-order valence-corrected chi connectivity index (χ1v) is 7.47. The smallest absolute Gasteiger partial charge is 0.224 e. The molecule has 4 heteroatoms. The van der Waals surface area contributed by atoms with Crippen molar-refractivity contribution in [3.05, 3.63) is 64.7 Å². The van der Waals surface area contributed by atoms with E-state index >= 15 is 0 Å². The lowest BCUT2D eigenvalue weighted by molar-refractivity contribution is 0.457. The zero-order valence-electron chi connectivity index (χ0n) is 11.4. The quantitative estimate of drug-likeness (QED) is 0.576. The van der Waals surface area contributed by atoms with Crippen LogP contribution in [0.1, 0.15) is 11.1 Å². The molecule has 0 bridgehead atoms. The van der Waals surface area contributed by atoms with Crippen molar-refractivity contribution in [3.8, 4) is 11.6 Å². The van der Waals surface area contributed by atoms with Crippen LogP contribution in [0.15, 0.2) is 48.5 Å². The van der Waals surface area contributed by atoms with Gasteiger partial charge >= 0.3 is 0 Å². The number of para-hydroxylation sites is 1. The summed E-state index contributed by atoms with van der Waals surface area (Å²) in [7, 11) is 0. The maximum Gasteiger partial charge on any atom is 0.224 e. The first-order valence-electron chi connectivity index (χ1n) is 6.56. The molecule has 0 unspecified atom stereocenters. The van der Waals surface area contributed by atoms with Crippen molar-refractivity contribution in [2.24, 2.45) is 0 Å². The van der Waals surface area contributed by atoms with E-state index in [-0.39, 0.29) is 0 Å². The molecular formula is C17H13Cl2NO. The van der Waals surface area contributed by atoms with Gasteiger partial charge in [-0.2, -0.15) is 0 Å². The van der Waals surface area contributed by atoms with Crippen LogP contribution in [0.5, 0.6) is 11.6 Å². The normalized spacial score (nSPS) is 10.8. The molecule has 1 aromatic heterocycles. The number of aromatic nitrogens is 1. The number of ether oxygens (including phenoxy) is 1. The van der Waals surface area contributed by atoms with E-state index in [2.05, 4.69) is 4.98 Å². The van der Waals surface area contributed by atoms with Crippen LogP contribution in [0.4, 0.5) is 0 Å². The molecule has 0 fully saturated rings. The summed E-state index contributed by atoms with van der Waals surface area (Å²) in [6, 6.07) is 15.4. The number of aryl methyl sites for hydroxylation is 1. The van der Waals surface area contributed by atoms with Gasteiger partial charge in [-0.25, -0.2) is 4.98 Å². The van der Waals surface area contributed by atoms with E-state index in [1.807, 2.05) is 49.4 Å². The molecule has 2 nitrogen and oxygen atoms in total. The Bertz CT molecular complexity index is 802. The fourth-order valence-electron chi connectivity index (χ4n) is 2.16. The van der Waals surface area contributed by atoms with Crippen molar-refractivity contribution in [1.82, 2.24) is 4.98 Å².